The van der Waals surface area contributed by atoms with E-state index in [0.717, 1.165) is 5.56 Å². The molecule has 1 aromatic carbocycles. The summed E-state index contributed by atoms with van der Waals surface area (Å²) < 4.78 is 0. The van der Waals surface area contributed by atoms with Crippen LogP contribution in [0.1, 0.15) is 5.56 Å². The first-order chi connectivity index (χ1) is 9.13. The number of rotatable bonds is 5. The zero-order valence-electron chi connectivity index (χ0n) is 10.2. The fourth-order valence-electron chi connectivity index (χ4n) is 1.68. The molecule has 0 fully saturated rings. The highest BCUT2D eigenvalue weighted by Crippen LogP contribution is 2.02. The van der Waals surface area contributed by atoms with Gasteiger partial charge in [0.15, 0.2) is 0 Å². The lowest BCUT2D eigenvalue weighted by atomic mass is 10.1. The van der Waals surface area contributed by atoms with Crippen LogP contribution in [0.4, 0.5) is 0 Å². The van der Waals surface area contributed by atoms with Crippen molar-refractivity contribution in [2.75, 3.05) is 13.2 Å². The Morgan fingerprint density at radius 1 is 1.32 bits per heavy atom. The molecule has 0 unspecified atom stereocenters. The Labute approximate surface area is 110 Å². The fraction of sp³-hybridized carbons (Fsp3) is 0.250. The Bertz CT molecular complexity index is 489. The quantitative estimate of drug-likeness (QED) is 0.771. The van der Waals surface area contributed by atoms with Crippen molar-refractivity contribution in [3.8, 4) is 0 Å². The molecule has 19 heavy (non-hydrogen) atoms. The molecular formula is C12H14N4O3. The normalized spacial score (nSPS) is 13.7. The van der Waals surface area contributed by atoms with E-state index in [1.165, 1.54) is 16.4 Å². The average molecular weight is 262 g/mol. The number of amides is 1. The van der Waals surface area contributed by atoms with E-state index in [-0.39, 0.29) is 25.5 Å². The lowest BCUT2D eigenvalue weighted by Crippen LogP contribution is -2.43. The Balaban J connectivity index is 1.78. The van der Waals surface area contributed by atoms with E-state index in [1.807, 2.05) is 30.3 Å². The van der Waals surface area contributed by atoms with Crippen molar-refractivity contribution in [2.45, 2.75) is 6.42 Å². The summed E-state index contributed by atoms with van der Waals surface area (Å²) >= 11 is 0. The van der Waals surface area contributed by atoms with Crippen LogP contribution < -0.4 is 5.43 Å². The van der Waals surface area contributed by atoms with Gasteiger partial charge in [-0.25, -0.2) is 0 Å². The number of nitrogens with zero attached hydrogens (tertiary/aromatic N) is 3. The Morgan fingerprint density at radius 3 is 2.74 bits per heavy atom. The van der Waals surface area contributed by atoms with E-state index in [2.05, 4.69) is 10.5 Å². The summed E-state index contributed by atoms with van der Waals surface area (Å²) in [5.74, 6) is -1.13. The van der Waals surface area contributed by atoms with Gasteiger partial charge in [-0.05, 0) is 5.56 Å². The number of hydrazine groups is 1. The molecule has 0 aliphatic carbocycles. The second-order valence-electron chi connectivity index (χ2n) is 4.10. The van der Waals surface area contributed by atoms with E-state index in [9.17, 15) is 9.59 Å². The van der Waals surface area contributed by atoms with Gasteiger partial charge in [0.25, 0.3) is 0 Å². The molecule has 100 valence electrons. The molecule has 1 amide bonds. The molecule has 2 rings (SSSR count). The van der Waals surface area contributed by atoms with Crippen LogP contribution in [0.2, 0.25) is 0 Å². The van der Waals surface area contributed by atoms with Gasteiger partial charge in [0.05, 0.1) is 6.42 Å². The van der Waals surface area contributed by atoms with Gasteiger partial charge in [-0.15, -0.1) is 0 Å². The minimum absolute atomic E-state index is 0.171. The molecule has 7 heteroatoms. The number of hydrogen-bond acceptors (Lipinski definition) is 5. The Kier molecular flexibility index (Phi) is 3.97. The largest absolute Gasteiger partial charge is 0.480 e. The van der Waals surface area contributed by atoms with E-state index in [1.54, 1.807) is 0 Å². The van der Waals surface area contributed by atoms with Gasteiger partial charge in [0, 0.05) is 0 Å². The van der Waals surface area contributed by atoms with Crippen LogP contribution in [0.15, 0.2) is 35.4 Å². The highest BCUT2D eigenvalue weighted by atomic mass is 16.4. The van der Waals surface area contributed by atoms with Crippen LogP contribution in [-0.4, -0.2) is 46.6 Å². The number of benzene rings is 1. The van der Waals surface area contributed by atoms with Crippen LogP contribution in [0.3, 0.4) is 0 Å². The molecule has 0 radical (unpaired) electrons. The molecule has 1 aliphatic rings. The molecule has 1 aromatic rings. The summed E-state index contributed by atoms with van der Waals surface area (Å²) in [7, 11) is 0. The molecule has 0 bridgehead atoms. The molecule has 0 atom stereocenters. The number of nitrogens with one attached hydrogen (secondary N) is 1. The van der Waals surface area contributed by atoms with Gasteiger partial charge in [-0.2, -0.15) is 5.10 Å². The monoisotopic (exact) mass is 262 g/mol. The number of carboxylic acids is 1. The van der Waals surface area contributed by atoms with Gasteiger partial charge in [-0.3, -0.25) is 25.0 Å². The van der Waals surface area contributed by atoms with Crippen molar-refractivity contribution in [1.29, 1.82) is 0 Å². The summed E-state index contributed by atoms with van der Waals surface area (Å²) in [5.41, 5.74) is 3.56. The first-order valence-corrected chi connectivity index (χ1v) is 5.74. The van der Waals surface area contributed by atoms with Crippen molar-refractivity contribution in [3.63, 3.8) is 0 Å². The second-order valence-corrected chi connectivity index (χ2v) is 4.10. The zero-order chi connectivity index (χ0) is 13.7. The smallest absolute Gasteiger partial charge is 0.324 e. The predicted octanol–water partition coefficient (Wildman–Crippen LogP) is -0.137. The number of hydrazone groups is 1. The minimum Gasteiger partial charge on any atom is -0.480 e. The molecule has 7 nitrogen and oxygen atoms in total. The molecule has 0 saturated heterocycles. The number of carbonyl (C=O) groups is 2. The third kappa shape index (κ3) is 3.98. The first kappa shape index (κ1) is 12.9. The van der Waals surface area contributed by atoms with E-state index >= 15 is 0 Å². The predicted molar refractivity (Wildman–Crippen MR) is 67.8 cm³/mol. The lowest BCUT2D eigenvalue weighted by molar-refractivity contribution is -0.138. The van der Waals surface area contributed by atoms with Crippen molar-refractivity contribution in [3.05, 3.63) is 35.9 Å². The highest BCUT2D eigenvalue weighted by Gasteiger charge is 2.17. The number of hydrogen-bond donors (Lipinski definition) is 2. The summed E-state index contributed by atoms with van der Waals surface area (Å²) in [6.45, 7) is 0.0361. The van der Waals surface area contributed by atoms with Crippen LogP contribution in [-0.2, 0) is 16.0 Å². The van der Waals surface area contributed by atoms with Gasteiger partial charge in [-0.1, -0.05) is 30.3 Å². The first-order valence-electron chi connectivity index (χ1n) is 5.74. The summed E-state index contributed by atoms with van der Waals surface area (Å²) in [4.78, 5) is 22.3. The van der Waals surface area contributed by atoms with E-state index in [4.69, 9.17) is 5.11 Å². The number of carbonyl (C=O) groups excluding carboxylic acids is 1. The third-order valence-electron chi connectivity index (χ3n) is 2.46. The van der Waals surface area contributed by atoms with Crippen molar-refractivity contribution in [1.82, 2.24) is 15.4 Å². The van der Waals surface area contributed by atoms with Gasteiger partial charge >= 0.3 is 5.97 Å². The van der Waals surface area contributed by atoms with Crippen LogP contribution in [0.25, 0.3) is 0 Å². The summed E-state index contributed by atoms with van der Waals surface area (Å²) in [5, 5.41) is 15.3. The van der Waals surface area contributed by atoms with E-state index < -0.39 is 5.97 Å². The van der Waals surface area contributed by atoms with Crippen LogP contribution in [0.5, 0.6) is 0 Å². The lowest BCUT2D eigenvalue weighted by Gasteiger charge is -2.18. The van der Waals surface area contributed by atoms with Crippen molar-refractivity contribution in [2.24, 2.45) is 5.10 Å². The van der Waals surface area contributed by atoms with E-state index in [0.29, 0.717) is 0 Å². The molecule has 0 aromatic heterocycles. The molecule has 2 N–H and O–H groups in total. The van der Waals surface area contributed by atoms with Gasteiger partial charge in [0.1, 0.15) is 19.6 Å². The van der Waals surface area contributed by atoms with Crippen LogP contribution in [0, 0.1) is 0 Å². The van der Waals surface area contributed by atoms with Crippen molar-refractivity contribution >= 4 is 18.2 Å². The molecule has 0 spiro atoms. The van der Waals surface area contributed by atoms with Gasteiger partial charge < -0.3 is 5.11 Å². The summed E-state index contributed by atoms with van der Waals surface area (Å²) in [6, 6.07) is 9.37. The second kappa shape index (κ2) is 5.85. The van der Waals surface area contributed by atoms with Gasteiger partial charge in [0.2, 0.25) is 5.91 Å². The molecular weight excluding hydrogens is 248 g/mol. The Hall–Kier alpha value is -2.57. The standard InChI is InChI=1S/C12H14N4O3/c17-11(6-10-4-2-1-3-5-10)14-16-8-13-15(9-16)7-12(18)19/h1-5,8H,6-7,9H2,(H,14,17)(H,18,19). The fourth-order valence-corrected chi connectivity index (χ4v) is 1.68. The minimum atomic E-state index is -0.963. The number of carboxylic acid groups (broad SMARTS) is 1. The molecule has 1 aliphatic heterocycles. The molecule has 0 saturated carbocycles. The zero-order valence-corrected chi connectivity index (χ0v) is 10.2. The molecule has 1 heterocycles. The van der Waals surface area contributed by atoms with Crippen LogP contribution >= 0.6 is 0 Å². The SMILES string of the molecule is O=C(O)CN1CN(NC(=O)Cc2ccccc2)C=N1. The number of aliphatic carboxylic acids is 1. The average Bonchev–Trinajstić information content (AvgIpc) is 2.76. The summed E-state index contributed by atoms with van der Waals surface area (Å²) in [6.07, 6.45) is 1.66. The maximum atomic E-state index is 11.7. The van der Waals surface area contributed by atoms with Crippen molar-refractivity contribution < 1.29 is 14.7 Å². The third-order valence-corrected chi connectivity index (χ3v) is 2.46. The topological polar surface area (TPSA) is 85.2 Å². The Morgan fingerprint density at radius 2 is 2.05 bits per heavy atom. The highest BCUT2D eigenvalue weighted by molar-refractivity contribution is 5.79. The maximum Gasteiger partial charge on any atom is 0.324 e. The maximum absolute atomic E-state index is 11.7.